The Kier molecular flexibility index (Phi) is 6.77. The smallest absolute Gasteiger partial charge is 0.344 e. The van der Waals surface area contributed by atoms with Gasteiger partial charge in [-0.3, -0.25) is 9.78 Å². The molecule has 1 aromatic heterocycles. The second-order valence-corrected chi connectivity index (χ2v) is 7.70. The molecule has 0 aliphatic carbocycles. The van der Waals surface area contributed by atoms with Crippen molar-refractivity contribution in [2.75, 3.05) is 13.4 Å². The molecular weight excluding hydrogens is 431 g/mol. The molecule has 30 heavy (non-hydrogen) atoms. The zero-order valence-electron chi connectivity index (χ0n) is 16.6. The molecule has 1 aromatic carbocycles. The van der Waals surface area contributed by atoms with Crippen molar-refractivity contribution in [2.45, 2.75) is 26.3 Å². The highest BCUT2D eigenvalue weighted by Crippen LogP contribution is 2.43. The van der Waals surface area contributed by atoms with Crippen molar-refractivity contribution in [2.24, 2.45) is 0 Å². The SMILES string of the molecule is CCOCON1C(=O)C(c2ccc(Cl)cc2Cl)=C(OC(=O)c2cccnc2)C1(C)C. The van der Waals surface area contributed by atoms with E-state index >= 15 is 0 Å². The lowest BCUT2D eigenvalue weighted by molar-refractivity contribution is -0.242. The number of benzene rings is 1. The highest BCUT2D eigenvalue weighted by Gasteiger charge is 2.50. The molecule has 2 heterocycles. The minimum absolute atomic E-state index is 0.0991. The molecule has 0 unspecified atom stereocenters. The van der Waals surface area contributed by atoms with Crippen molar-refractivity contribution in [3.05, 3.63) is 69.7 Å². The summed E-state index contributed by atoms with van der Waals surface area (Å²) in [6.07, 6.45) is 2.92. The van der Waals surface area contributed by atoms with Gasteiger partial charge in [0.05, 0.1) is 16.2 Å². The summed E-state index contributed by atoms with van der Waals surface area (Å²) in [7, 11) is 0. The maximum atomic E-state index is 13.3. The zero-order chi connectivity index (χ0) is 21.9. The van der Waals surface area contributed by atoms with Gasteiger partial charge in [-0.1, -0.05) is 29.3 Å². The molecule has 0 bridgehead atoms. The molecule has 0 N–H and O–H groups in total. The number of amides is 1. The van der Waals surface area contributed by atoms with Gasteiger partial charge in [-0.25, -0.2) is 14.7 Å². The third-order valence-corrected chi connectivity index (χ3v) is 5.00. The van der Waals surface area contributed by atoms with E-state index in [1.54, 1.807) is 51.2 Å². The van der Waals surface area contributed by atoms with E-state index in [9.17, 15) is 9.59 Å². The molecule has 0 fully saturated rings. The number of ether oxygens (including phenoxy) is 2. The van der Waals surface area contributed by atoms with Crippen molar-refractivity contribution in [1.82, 2.24) is 10.0 Å². The van der Waals surface area contributed by atoms with E-state index in [1.807, 2.05) is 0 Å². The van der Waals surface area contributed by atoms with E-state index in [0.29, 0.717) is 17.2 Å². The first-order valence-electron chi connectivity index (χ1n) is 9.15. The Labute approximate surface area is 184 Å². The Bertz CT molecular complexity index is 992. The third-order valence-electron chi connectivity index (χ3n) is 4.45. The number of carbonyl (C=O) groups excluding carboxylic acids is 2. The fourth-order valence-electron chi connectivity index (χ4n) is 2.98. The molecule has 158 valence electrons. The van der Waals surface area contributed by atoms with Gasteiger partial charge in [0.1, 0.15) is 11.3 Å². The maximum absolute atomic E-state index is 13.3. The Balaban J connectivity index is 2.07. The molecule has 9 heteroatoms. The first kappa shape index (κ1) is 22.2. The van der Waals surface area contributed by atoms with E-state index < -0.39 is 17.4 Å². The summed E-state index contributed by atoms with van der Waals surface area (Å²) < 4.78 is 10.9. The summed E-state index contributed by atoms with van der Waals surface area (Å²) in [6.45, 7) is 5.46. The van der Waals surface area contributed by atoms with Crippen molar-refractivity contribution >= 4 is 40.7 Å². The summed E-state index contributed by atoms with van der Waals surface area (Å²) in [4.78, 5) is 35.5. The highest BCUT2D eigenvalue weighted by atomic mass is 35.5. The molecule has 1 amide bonds. The minimum Gasteiger partial charge on any atom is -0.424 e. The fourth-order valence-corrected chi connectivity index (χ4v) is 3.49. The Hall–Kier alpha value is -2.45. The van der Waals surface area contributed by atoms with Gasteiger partial charge >= 0.3 is 5.97 Å². The molecule has 0 saturated heterocycles. The standard InChI is InChI=1S/C21H20Cl2N2O5/c1-4-28-12-29-25-19(26)17(15-8-7-14(22)10-16(15)23)18(21(25,2)3)30-20(27)13-6-5-9-24-11-13/h5-11H,4,12H2,1-3H3. The van der Waals surface area contributed by atoms with Crippen LogP contribution in [0.2, 0.25) is 10.0 Å². The summed E-state index contributed by atoms with van der Waals surface area (Å²) in [6, 6.07) is 7.89. The summed E-state index contributed by atoms with van der Waals surface area (Å²) >= 11 is 12.4. The number of pyridine rings is 1. The van der Waals surface area contributed by atoms with Gasteiger partial charge in [0.25, 0.3) is 5.91 Å². The molecule has 0 saturated carbocycles. The van der Waals surface area contributed by atoms with Gasteiger partial charge < -0.3 is 9.47 Å². The summed E-state index contributed by atoms with van der Waals surface area (Å²) in [5, 5.41) is 1.77. The number of esters is 1. The van der Waals surface area contributed by atoms with Crippen LogP contribution in [0, 0.1) is 0 Å². The number of halogens is 2. The largest absolute Gasteiger partial charge is 0.424 e. The normalized spacial score (nSPS) is 15.6. The second-order valence-electron chi connectivity index (χ2n) is 6.86. The molecule has 0 spiro atoms. The number of hydrogen-bond acceptors (Lipinski definition) is 6. The number of nitrogens with zero attached hydrogens (tertiary/aromatic N) is 2. The molecule has 7 nitrogen and oxygen atoms in total. The Morgan fingerprint density at radius 2 is 2.00 bits per heavy atom. The highest BCUT2D eigenvalue weighted by molar-refractivity contribution is 6.37. The Morgan fingerprint density at radius 3 is 2.63 bits per heavy atom. The average Bonchev–Trinajstić information content (AvgIpc) is 2.89. The Morgan fingerprint density at radius 1 is 1.23 bits per heavy atom. The molecular formula is C21H20Cl2N2O5. The minimum atomic E-state index is -1.12. The van der Waals surface area contributed by atoms with Crippen molar-refractivity contribution in [1.29, 1.82) is 0 Å². The van der Waals surface area contributed by atoms with E-state index in [0.717, 1.165) is 5.06 Å². The van der Waals surface area contributed by atoms with Crippen LogP contribution in [0.15, 0.2) is 48.5 Å². The lowest BCUT2D eigenvalue weighted by Crippen LogP contribution is -2.44. The maximum Gasteiger partial charge on any atom is 0.344 e. The van der Waals surface area contributed by atoms with Crippen LogP contribution in [0.1, 0.15) is 36.7 Å². The molecule has 1 aliphatic heterocycles. The molecule has 0 radical (unpaired) electrons. The second kappa shape index (κ2) is 9.14. The number of hydrogen-bond donors (Lipinski definition) is 0. The van der Waals surface area contributed by atoms with Crippen LogP contribution in [0.4, 0.5) is 0 Å². The molecule has 2 aromatic rings. The van der Waals surface area contributed by atoms with Crippen LogP contribution in [-0.4, -0.2) is 40.9 Å². The van der Waals surface area contributed by atoms with Crippen LogP contribution in [0.25, 0.3) is 5.57 Å². The van der Waals surface area contributed by atoms with E-state index in [-0.39, 0.29) is 28.7 Å². The van der Waals surface area contributed by atoms with Crippen LogP contribution < -0.4 is 0 Å². The first-order chi connectivity index (χ1) is 14.3. The topological polar surface area (TPSA) is 78.0 Å². The van der Waals surface area contributed by atoms with Crippen LogP contribution >= 0.6 is 23.2 Å². The van der Waals surface area contributed by atoms with Gasteiger partial charge in [0, 0.05) is 29.6 Å². The van der Waals surface area contributed by atoms with E-state index in [1.165, 1.54) is 12.3 Å². The van der Waals surface area contributed by atoms with Crippen molar-refractivity contribution < 1.29 is 23.9 Å². The summed E-state index contributed by atoms with van der Waals surface area (Å²) in [5.41, 5.74) is -0.404. The number of rotatable bonds is 7. The molecule has 3 rings (SSSR count). The summed E-state index contributed by atoms with van der Waals surface area (Å²) in [5.74, 6) is -1.08. The lowest BCUT2D eigenvalue weighted by Gasteiger charge is -2.31. The van der Waals surface area contributed by atoms with Crippen LogP contribution in [0.5, 0.6) is 0 Å². The van der Waals surface area contributed by atoms with Crippen LogP contribution in [-0.2, 0) is 19.1 Å². The number of aromatic nitrogens is 1. The first-order valence-corrected chi connectivity index (χ1v) is 9.90. The van der Waals surface area contributed by atoms with Crippen molar-refractivity contribution in [3.63, 3.8) is 0 Å². The van der Waals surface area contributed by atoms with Gasteiger partial charge in [0.15, 0.2) is 6.79 Å². The molecule has 1 aliphatic rings. The quantitative estimate of drug-likeness (QED) is 0.351. The van der Waals surface area contributed by atoms with Gasteiger partial charge in [0.2, 0.25) is 0 Å². The van der Waals surface area contributed by atoms with E-state index in [2.05, 4.69) is 4.98 Å². The predicted molar refractivity (Wildman–Crippen MR) is 112 cm³/mol. The molecule has 0 atom stereocenters. The third kappa shape index (κ3) is 4.34. The average molecular weight is 451 g/mol. The number of hydroxylamine groups is 2. The predicted octanol–water partition coefficient (Wildman–Crippen LogP) is 4.50. The fraction of sp³-hybridized carbons (Fsp3) is 0.286. The van der Waals surface area contributed by atoms with Gasteiger partial charge in [-0.2, -0.15) is 0 Å². The zero-order valence-corrected chi connectivity index (χ0v) is 18.2. The number of carbonyl (C=O) groups is 2. The monoisotopic (exact) mass is 450 g/mol. The lowest BCUT2D eigenvalue weighted by atomic mass is 9.99. The van der Waals surface area contributed by atoms with Gasteiger partial charge in [-0.15, -0.1) is 0 Å². The van der Waals surface area contributed by atoms with Gasteiger partial charge in [-0.05, 0) is 45.0 Å². The van der Waals surface area contributed by atoms with E-state index in [4.69, 9.17) is 37.5 Å². The van der Waals surface area contributed by atoms with Crippen LogP contribution in [0.3, 0.4) is 0 Å². The van der Waals surface area contributed by atoms with Crippen molar-refractivity contribution in [3.8, 4) is 0 Å².